The fourth-order valence-corrected chi connectivity index (χ4v) is 2.26. The van der Waals surface area contributed by atoms with Crippen molar-refractivity contribution < 1.29 is 4.39 Å². The largest absolute Gasteiger partial charge is 0.207 e. The Labute approximate surface area is 116 Å². The standard InChI is InChI=1S/C15H13Cl2F/c1-10-2-6-13(16)8-12(10)4-3-11-5-7-14(17)9-15(11)18/h2,5-9H,3-4H2,1H3. The maximum Gasteiger partial charge on any atom is 0.127 e. The van der Waals surface area contributed by atoms with Crippen LogP contribution in [0.4, 0.5) is 4.39 Å². The van der Waals surface area contributed by atoms with E-state index < -0.39 is 0 Å². The summed E-state index contributed by atoms with van der Waals surface area (Å²) >= 11 is 11.7. The maximum absolute atomic E-state index is 13.6. The van der Waals surface area contributed by atoms with Crippen molar-refractivity contribution in [2.24, 2.45) is 0 Å². The molecular weight excluding hydrogens is 270 g/mol. The van der Waals surface area contributed by atoms with E-state index in [1.54, 1.807) is 12.1 Å². The first-order chi connectivity index (χ1) is 8.56. The van der Waals surface area contributed by atoms with Gasteiger partial charge in [-0.15, -0.1) is 0 Å². The zero-order valence-corrected chi connectivity index (χ0v) is 11.5. The highest BCUT2D eigenvalue weighted by Gasteiger charge is 2.05. The zero-order chi connectivity index (χ0) is 13.1. The van der Waals surface area contributed by atoms with Crippen LogP contribution < -0.4 is 0 Å². The molecule has 0 spiro atoms. The highest BCUT2D eigenvalue weighted by Crippen LogP contribution is 2.20. The minimum absolute atomic E-state index is 0.248. The summed E-state index contributed by atoms with van der Waals surface area (Å²) in [4.78, 5) is 0. The van der Waals surface area contributed by atoms with Gasteiger partial charge in [0, 0.05) is 10.0 Å². The zero-order valence-electron chi connectivity index (χ0n) is 10.0. The normalized spacial score (nSPS) is 10.7. The molecule has 0 amide bonds. The molecule has 0 fully saturated rings. The van der Waals surface area contributed by atoms with Crippen molar-refractivity contribution in [3.8, 4) is 0 Å². The lowest BCUT2D eigenvalue weighted by Gasteiger charge is -2.07. The van der Waals surface area contributed by atoms with Crippen LogP contribution in [0.5, 0.6) is 0 Å². The molecule has 18 heavy (non-hydrogen) atoms. The summed E-state index contributed by atoms with van der Waals surface area (Å²) in [5, 5.41) is 1.14. The predicted molar refractivity (Wildman–Crippen MR) is 75.0 cm³/mol. The smallest absolute Gasteiger partial charge is 0.127 e. The van der Waals surface area contributed by atoms with Gasteiger partial charge in [0.25, 0.3) is 0 Å². The van der Waals surface area contributed by atoms with E-state index in [1.165, 1.54) is 11.6 Å². The average molecular weight is 283 g/mol. The Balaban J connectivity index is 2.13. The van der Waals surface area contributed by atoms with Crippen LogP contribution >= 0.6 is 23.2 Å². The summed E-state index contributed by atoms with van der Waals surface area (Å²) in [6, 6.07) is 10.6. The second kappa shape index (κ2) is 5.73. The van der Waals surface area contributed by atoms with Crippen molar-refractivity contribution >= 4 is 23.2 Å². The van der Waals surface area contributed by atoms with Gasteiger partial charge in [-0.25, -0.2) is 4.39 Å². The van der Waals surface area contributed by atoms with Gasteiger partial charge in [-0.2, -0.15) is 0 Å². The minimum atomic E-state index is -0.248. The van der Waals surface area contributed by atoms with E-state index >= 15 is 0 Å². The number of halogens is 3. The third kappa shape index (κ3) is 3.24. The van der Waals surface area contributed by atoms with Crippen LogP contribution in [-0.2, 0) is 12.8 Å². The Bertz CT molecular complexity index is 564. The molecule has 0 atom stereocenters. The van der Waals surface area contributed by atoms with Crippen LogP contribution in [0.25, 0.3) is 0 Å². The molecule has 0 radical (unpaired) electrons. The highest BCUT2D eigenvalue weighted by molar-refractivity contribution is 6.30. The summed E-state index contributed by atoms with van der Waals surface area (Å²) in [6.07, 6.45) is 1.41. The first-order valence-corrected chi connectivity index (χ1v) is 6.51. The fourth-order valence-electron chi connectivity index (χ4n) is 1.90. The van der Waals surface area contributed by atoms with E-state index in [4.69, 9.17) is 23.2 Å². The molecule has 2 rings (SSSR count). The van der Waals surface area contributed by atoms with Gasteiger partial charge in [0.15, 0.2) is 0 Å². The van der Waals surface area contributed by atoms with E-state index in [1.807, 2.05) is 25.1 Å². The van der Waals surface area contributed by atoms with E-state index in [0.29, 0.717) is 22.0 Å². The van der Waals surface area contributed by atoms with Crippen molar-refractivity contribution in [1.82, 2.24) is 0 Å². The molecule has 0 nitrogen and oxygen atoms in total. The van der Waals surface area contributed by atoms with E-state index in [2.05, 4.69) is 0 Å². The van der Waals surface area contributed by atoms with Gasteiger partial charge in [0.05, 0.1) is 0 Å². The molecule has 0 aliphatic carbocycles. The van der Waals surface area contributed by atoms with E-state index in [0.717, 1.165) is 12.0 Å². The predicted octanol–water partition coefficient (Wildman–Crippen LogP) is 5.23. The Morgan fingerprint density at radius 3 is 2.22 bits per heavy atom. The molecule has 0 aromatic heterocycles. The van der Waals surface area contributed by atoms with Crippen LogP contribution in [0.1, 0.15) is 16.7 Å². The van der Waals surface area contributed by atoms with E-state index in [9.17, 15) is 4.39 Å². The summed E-state index contributed by atoms with van der Waals surface area (Å²) < 4.78 is 13.6. The van der Waals surface area contributed by atoms with Crippen molar-refractivity contribution in [3.05, 3.63) is 69.0 Å². The molecule has 0 unspecified atom stereocenters. The molecule has 0 N–H and O–H groups in total. The van der Waals surface area contributed by atoms with Gasteiger partial charge in [0.2, 0.25) is 0 Å². The quantitative estimate of drug-likeness (QED) is 0.723. The van der Waals surface area contributed by atoms with Crippen molar-refractivity contribution in [3.63, 3.8) is 0 Å². The van der Waals surface area contributed by atoms with Crippen LogP contribution in [0.2, 0.25) is 10.0 Å². The molecule has 2 aromatic rings. The number of rotatable bonds is 3. The van der Waals surface area contributed by atoms with Gasteiger partial charge < -0.3 is 0 Å². The van der Waals surface area contributed by atoms with Crippen LogP contribution in [0.3, 0.4) is 0 Å². The number of aryl methyl sites for hydroxylation is 3. The molecule has 0 aliphatic rings. The fraction of sp³-hybridized carbons (Fsp3) is 0.200. The molecule has 2 aromatic carbocycles. The summed E-state index contributed by atoms with van der Waals surface area (Å²) in [6.45, 7) is 2.03. The minimum Gasteiger partial charge on any atom is -0.207 e. The number of hydrogen-bond acceptors (Lipinski definition) is 0. The van der Waals surface area contributed by atoms with Crippen molar-refractivity contribution in [2.75, 3.05) is 0 Å². The summed E-state index contributed by atoms with van der Waals surface area (Å²) in [5.41, 5.74) is 3.00. The Hall–Kier alpha value is -1.05. The van der Waals surface area contributed by atoms with Crippen LogP contribution in [0, 0.1) is 12.7 Å². The average Bonchev–Trinajstić information content (AvgIpc) is 2.32. The monoisotopic (exact) mass is 282 g/mol. The summed E-state index contributed by atoms with van der Waals surface area (Å²) in [5.74, 6) is -0.248. The first kappa shape index (κ1) is 13.4. The molecule has 0 heterocycles. The Kier molecular flexibility index (Phi) is 4.26. The lowest BCUT2D eigenvalue weighted by molar-refractivity contribution is 0.608. The highest BCUT2D eigenvalue weighted by atomic mass is 35.5. The van der Waals surface area contributed by atoms with Gasteiger partial charge >= 0.3 is 0 Å². The second-order valence-electron chi connectivity index (χ2n) is 4.31. The van der Waals surface area contributed by atoms with Gasteiger partial charge in [0.1, 0.15) is 5.82 Å². The molecular formula is C15H13Cl2F. The lowest BCUT2D eigenvalue weighted by atomic mass is 10.0. The van der Waals surface area contributed by atoms with E-state index in [-0.39, 0.29) is 5.82 Å². The van der Waals surface area contributed by atoms with Crippen LogP contribution in [-0.4, -0.2) is 0 Å². The SMILES string of the molecule is Cc1ccc(Cl)cc1CCc1ccc(Cl)cc1F. The molecule has 0 saturated heterocycles. The van der Waals surface area contributed by atoms with Gasteiger partial charge in [-0.3, -0.25) is 0 Å². The molecule has 94 valence electrons. The van der Waals surface area contributed by atoms with Gasteiger partial charge in [-0.1, -0.05) is 35.3 Å². The Morgan fingerprint density at radius 2 is 1.50 bits per heavy atom. The first-order valence-electron chi connectivity index (χ1n) is 5.75. The topological polar surface area (TPSA) is 0 Å². The van der Waals surface area contributed by atoms with Gasteiger partial charge in [-0.05, 0) is 60.7 Å². The molecule has 0 aliphatic heterocycles. The van der Waals surface area contributed by atoms with Crippen molar-refractivity contribution in [2.45, 2.75) is 19.8 Å². The van der Waals surface area contributed by atoms with Crippen molar-refractivity contribution in [1.29, 1.82) is 0 Å². The Morgan fingerprint density at radius 1 is 0.889 bits per heavy atom. The number of hydrogen-bond donors (Lipinski definition) is 0. The third-order valence-corrected chi connectivity index (χ3v) is 3.46. The lowest BCUT2D eigenvalue weighted by Crippen LogP contribution is -1.96. The molecule has 0 bridgehead atoms. The molecule has 0 saturated carbocycles. The maximum atomic E-state index is 13.6. The van der Waals surface area contributed by atoms with Crippen LogP contribution in [0.15, 0.2) is 36.4 Å². The second-order valence-corrected chi connectivity index (χ2v) is 5.18. The number of benzene rings is 2. The third-order valence-electron chi connectivity index (χ3n) is 2.99. The summed E-state index contributed by atoms with van der Waals surface area (Å²) in [7, 11) is 0. The molecule has 3 heteroatoms.